The Labute approximate surface area is 190 Å². The summed E-state index contributed by atoms with van der Waals surface area (Å²) in [6.07, 6.45) is 0.817. The van der Waals surface area contributed by atoms with E-state index in [0.29, 0.717) is 12.5 Å². The molecule has 4 nitrogen and oxygen atoms in total. The molecule has 0 unspecified atom stereocenters. The first-order chi connectivity index (χ1) is 13.4. The average Bonchev–Trinajstić information content (AvgIpc) is 2.67. The van der Waals surface area contributed by atoms with Crippen molar-refractivity contribution in [3.05, 3.63) is 77.0 Å². The van der Waals surface area contributed by atoms with Gasteiger partial charge in [0.15, 0.2) is 0 Å². The number of halogens is 2. The van der Waals surface area contributed by atoms with Gasteiger partial charge < -0.3 is 10.8 Å². The van der Waals surface area contributed by atoms with E-state index in [9.17, 15) is 9.90 Å². The van der Waals surface area contributed by atoms with Crippen LogP contribution in [0.5, 0.6) is 0 Å². The van der Waals surface area contributed by atoms with Gasteiger partial charge in [-0.15, -0.1) is 24.8 Å². The molecule has 2 aromatic carbocycles. The number of nitrogens with zero attached hydrogens (tertiary/aromatic N) is 1. The third-order valence-corrected chi connectivity index (χ3v) is 4.78. The highest BCUT2D eigenvalue weighted by atomic mass is 35.5. The number of pyridine rings is 1. The fourth-order valence-electron chi connectivity index (χ4n) is 3.36. The number of nitrogens with two attached hydrogens (primary N) is 1. The van der Waals surface area contributed by atoms with Gasteiger partial charge >= 0.3 is 5.97 Å². The molecular formula is C24H28Cl2N2O2. The van der Waals surface area contributed by atoms with Crippen molar-refractivity contribution in [1.29, 1.82) is 0 Å². The fraction of sp³-hybridized carbons (Fsp3) is 0.250. The van der Waals surface area contributed by atoms with E-state index in [1.165, 1.54) is 5.56 Å². The average molecular weight is 447 g/mol. The predicted octanol–water partition coefficient (Wildman–Crippen LogP) is 5.92. The Bertz CT molecular complexity index is 1000. The lowest BCUT2D eigenvalue weighted by atomic mass is 9.92. The van der Waals surface area contributed by atoms with E-state index >= 15 is 0 Å². The molecule has 0 radical (unpaired) electrons. The monoisotopic (exact) mass is 446 g/mol. The summed E-state index contributed by atoms with van der Waals surface area (Å²) in [6.45, 7) is 6.79. The van der Waals surface area contributed by atoms with Crippen LogP contribution in [0.25, 0.3) is 22.4 Å². The number of hydrogen-bond donors (Lipinski definition) is 2. The maximum atomic E-state index is 11.4. The normalized spacial score (nSPS) is 10.3. The van der Waals surface area contributed by atoms with Gasteiger partial charge in [-0.1, -0.05) is 55.8 Å². The summed E-state index contributed by atoms with van der Waals surface area (Å²) < 4.78 is 0. The lowest BCUT2D eigenvalue weighted by Gasteiger charge is -2.17. The minimum Gasteiger partial charge on any atom is -0.478 e. The summed E-state index contributed by atoms with van der Waals surface area (Å²) in [4.78, 5) is 16.3. The smallest absolute Gasteiger partial charge is 0.335 e. The van der Waals surface area contributed by atoms with Gasteiger partial charge in [-0.05, 0) is 54.2 Å². The second kappa shape index (κ2) is 11.1. The number of carboxylic acid groups (broad SMARTS) is 1. The van der Waals surface area contributed by atoms with Crippen LogP contribution in [-0.2, 0) is 13.0 Å². The third-order valence-electron chi connectivity index (χ3n) is 4.78. The van der Waals surface area contributed by atoms with Crippen LogP contribution in [0.2, 0.25) is 0 Å². The highest BCUT2D eigenvalue weighted by Crippen LogP contribution is 2.32. The standard InChI is InChI=1S/C24H26N2O2.2ClH/c1-15(2)11-23-21(14-25)20(17-9-7-16(3)8-10-17)13-22(26-23)18-5-4-6-19(12-18)24(27)28;;/h4-10,12-13,15H,11,14,25H2,1-3H3,(H,27,28);2*1H. The second-order valence-corrected chi connectivity index (χ2v) is 7.53. The summed E-state index contributed by atoms with van der Waals surface area (Å²) in [5, 5.41) is 9.33. The molecule has 160 valence electrons. The number of aryl methyl sites for hydroxylation is 1. The van der Waals surface area contributed by atoms with Gasteiger partial charge in [-0.3, -0.25) is 4.98 Å². The number of hydrogen-bond acceptors (Lipinski definition) is 3. The van der Waals surface area contributed by atoms with E-state index in [-0.39, 0.29) is 30.4 Å². The molecule has 1 aromatic heterocycles. The van der Waals surface area contributed by atoms with E-state index in [1.54, 1.807) is 18.2 Å². The molecule has 0 fully saturated rings. The van der Waals surface area contributed by atoms with E-state index in [4.69, 9.17) is 10.7 Å². The fourth-order valence-corrected chi connectivity index (χ4v) is 3.36. The lowest BCUT2D eigenvalue weighted by Crippen LogP contribution is -2.10. The Balaban J connectivity index is 0.00000225. The number of aromatic nitrogens is 1. The lowest BCUT2D eigenvalue weighted by molar-refractivity contribution is 0.0697. The number of carboxylic acids is 1. The number of carbonyl (C=O) groups is 1. The van der Waals surface area contributed by atoms with Crippen molar-refractivity contribution in [3.63, 3.8) is 0 Å². The van der Waals surface area contributed by atoms with Crippen LogP contribution in [-0.4, -0.2) is 16.1 Å². The zero-order chi connectivity index (χ0) is 20.3. The summed E-state index contributed by atoms with van der Waals surface area (Å²) in [6, 6.07) is 17.3. The molecule has 0 bridgehead atoms. The highest BCUT2D eigenvalue weighted by molar-refractivity contribution is 5.89. The van der Waals surface area contributed by atoms with E-state index in [1.807, 2.05) is 12.1 Å². The molecule has 1 heterocycles. The zero-order valence-electron chi connectivity index (χ0n) is 17.4. The molecule has 0 amide bonds. The van der Waals surface area contributed by atoms with Crippen LogP contribution in [0.3, 0.4) is 0 Å². The second-order valence-electron chi connectivity index (χ2n) is 7.53. The van der Waals surface area contributed by atoms with E-state index < -0.39 is 5.97 Å². The first-order valence-electron chi connectivity index (χ1n) is 9.52. The van der Waals surface area contributed by atoms with Gasteiger partial charge in [0.1, 0.15) is 0 Å². The largest absolute Gasteiger partial charge is 0.478 e. The molecule has 3 aromatic rings. The number of benzene rings is 2. The summed E-state index contributed by atoms with van der Waals surface area (Å²) in [5.74, 6) is -0.508. The molecule has 0 aliphatic rings. The van der Waals surface area contributed by atoms with Crippen LogP contribution < -0.4 is 5.73 Å². The van der Waals surface area contributed by atoms with Crippen molar-refractivity contribution < 1.29 is 9.90 Å². The van der Waals surface area contributed by atoms with Crippen LogP contribution in [0.1, 0.15) is 41.0 Å². The topological polar surface area (TPSA) is 76.2 Å². The van der Waals surface area contributed by atoms with Crippen LogP contribution >= 0.6 is 24.8 Å². The molecule has 0 aliphatic heterocycles. The molecule has 3 rings (SSSR count). The molecule has 0 spiro atoms. The zero-order valence-corrected chi connectivity index (χ0v) is 19.0. The van der Waals surface area contributed by atoms with Crippen molar-refractivity contribution >= 4 is 30.8 Å². The molecule has 0 aliphatic carbocycles. The Kier molecular flexibility index (Phi) is 9.50. The van der Waals surface area contributed by atoms with Crippen molar-refractivity contribution in [1.82, 2.24) is 4.98 Å². The maximum absolute atomic E-state index is 11.4. The van der Waals surface area contributed by atoms with Gasteiger partial charge in [-0.2, -0.15) is 0 Å². The molecular weight excluding hydrogens is 419 g/mol. The first-order valence-corrected chi connectivity index (χ1v) is 9.52. The summed E-state index contributed by atoms with van der Waals surface area (Å²) in [5.41, 5.74) is 13.3. The number of aromatic carboxylic acids is 1. The van der Waals surface area contributed by atoms with Crippen molar-refractivity contribution in [2.24, 2.45) is 11.7 Å². The van der Waals surface area contributed by atoms with Crippen LogP contribution in [0.15, 0.2) is 54.6 Å². The number of rotatable bonds is 6. The molecule has 0 saturated heterocycles. The molecule has 3 N–H and O–H groups in total. The van der Waals surface area contributed by atoms with Crippen molar-refractivity contribution in [2.45, 2.75) is 33.7 Å². The predicted molar refractivity (Wildman–Crippen MR) is 128 cm³/mol. The minimum atomic E-state index is -0.943. The van der Waals surface area contributed by atoms with Gasteiger partial charge in [0, 0.05) is 17.8 Å². The Morgan fingerprint density at radius 1 is 1.03 bits per heavy atom. The van der Waals surface area contributed by atoms with E-state index in [2.05, 4.69) is 45.0 Å². The minimum absolute atomic E-state index is 0. The Hall–Kier alpha value is -2.40. The van der Waals surface area contributed by atoms with Gasteiger partial charge in [0.25, 0.3) is 0 Å². The SMILES string of the molecule is Cc1ccc(-c2cc(-c3cccc(C(=O)O)c3)nc(CC(C)C)c2CN)cc1.Cl.Cl. The van der Waals surface area contributed by atoms with Gasteiger partial charge in [-0.25, -0.2) is 4.79 Å². The van der Waals surface area contributed by atoms with Gasteiger partial charge in [0.05, 0.1) is 11.3 Å². The maximum Gasteiger partial charge on any atom is 0.335 e. The van der Waals surface area contributed by atoms with Crippen molar-refractivity contribution in [3.8, 4) is 22.4 Å². The molecule has 0 atom stereocenters. The van der Waals surface area contributed by atoms with Crippen molar-refractivity contribution in [2.75, 3.05) is 0 Å². The van der Waals surface area contributed by atoms with Gasteiger partial charge in [0.2, 0.25) is 0 Å². The summed E-state index contributed by atoms with van der Waals surface area (Å²) >= 11 is 0. The Morgan fingerprint density at radius 3 is 2.27 bits per heavy atom. The molecule has 6 heteroatoms. The Morgan fingerprint density at radius 2 is 1.70 bits per heavy atom. The third kappa shape index (κ3) is 5.82. The summed E-state index contributed by atoms with van der Waals surface area (Å²) in [7, 11) is 0. The molecule has 30 heavy (non-hydrogen) atoms. The molecule has 0 saturated carbocycles. The van der Waals surface area contributed by atoms with E-state index in [0.717, 1.165) is 40.1 Å². The van der Waals surface area contributed by atoms with Crippen LogP contribution in [0.4, 0.5) is 0 Å². The van der Waals surface area contributed by atoms with Crippen LogP contribution in [0, 0.1) is 12.8 Å². The quantitative estimate of drug-likeness (QED) is 0.492. The first kappa shape index (κ1) is 25.6. The highest BCUT2D eigenvalue weighted by Gasteiger charge is 2.16.